The van der Waals surface area contributed by atoms with E-state index < -0.39 is 5.41 Å². The molecule has 0 aromatic heterocycles. The normalized spacial score (nSPS) is 13.0. The van der Waals surface area contributed by atoms with E-state index in [2.05, 4.69) is 36.4 Å². The summed E-state index contributed by atoms with van der Waals surface area (Å²) in [5, 5.41) is 0. The zero-order valence-corrected chi connectivity index (χ0v) is 20.2. The van der Waals surface area contributed by atoms with Gasteiger partial charge in [-0.25, -0.2) is 0 Å². The lowest BCUT2D eigenvalue weighted by atomic mass is 9.67. The smallest absolute Gasteiger partial charge is 0.308 e. The molecule has 35 heavy (non-hydrogen) atoms. The Bertz CT molecular complexity index is 1370. The Balaban J connectivity index is 1.89. The maximum Gasteiger partial charge on any atom is 0.308 e. The highest BCUT2D eigenvalue weighted by Gasteiger charge is 2.46. The van der Waals surface area contributed by atoms with Crippen LogP contribution in [0.4, 0.5) is 0 Å². The van der Waals surface area contributed by atoms with Gasteiger partial charge in [-0.05, 0) is 70.5 Å². The zero-order chi connectivity index (χ0) is 24.7. The number of hydrogen-bond donors (Lipinski definition) is 0. The molecule has 0 N–H and O–H groups in total. The van der Waals surface area contributed by atoms with Gasteiger partial charge in [0.25, 0.3) is 0 Å². The summed E-state index contributed by atoms with van der Waals surface area (Å²) in [6.07, 6.45) is 0. The number of benzene rings is 4. The van der Waals surface area contributed by atoms with Gasteiger partial charge in [0.15, 0.2) is 0 Å². The predicted molar refractivity (Wildman–Crippen MR) is 136 cm³/mol. The summed E-state index contributed by atoms with van der Waals surface area (Å²) in [4.78, 5) is 23.7. The van der Waals surface area contributed by atoms with Crippen LogP contribution in [0.15, 0.2) is 84.9 Å². The standard InChI is InChI=1S/C31H26O4/c1-19-13-15-23(17-29(19)34-21(3)32)31(24-16-14-20(2)30(18-24)35-22(4)33)27-11-7-5-9-25(27)26-10-6-8-12-28(26)31/h5-18H,1-4H3. The summed E-state index contributed by atoms with van der Waals surface area (Å²) in [5.74, 6) is 0.338. The second-order valence-electron chi connectivity index (χ2n) is 8.99. The number of carbonyl (C=O) groups excluding carboxylic acids is 2. The number of esters is 2. The SMILES string of the molecule is CC(=O)Oc1cc(C2(c3ccc(C)c(OC(C)=O)c3)c3ccccc3-c3ccccc32)ccc1C. The first-order chi connectivity index (χ1) is 16.8. The van der Waals surface area contributed by atoms with Crippen LogP contribution in [0.3, 0.4) is 0 Å². The second kappa shape index (κ2) is 8.55. The Kier molecular flexibility index (Phi) is 5.52. The monoisotopic (exact) mass is 462 g/mol. The number of carbonyl (C=O) groups is 2. The number of fused-ring (bicyclic) bond motifs is 3. The van der Waals surface area contributed by atoms with E-state index in [4.69, 9.17) is 9.47 Å². The number of ether oxygens (including phenoxy) is 2. The van der Waals surface area contributed by atoms with Gasteiger partial charge >= 0.3 is 11.9 Å². The molecule has 1 aliphatic carbocycles. The van der Waals surface area contributed by atoms with E-state index in [0.717, 1.165) is 44.5 Å². The fourth-order valence-corrected chi connectivity index (χ4v) is 5.22. The summed E-state index contributed by atoms with van der Waals surface area (Å²) < 4.78 is 11.2. The second-order valence-corrected chi connectivity index (χ2v) is 8.99. The van der Waals surface area contributed by atoms with Crippen LogP contribution >= 0.6 is 0 Å². The summed E-state index contributed by atoms with van der Waals surface area (Å²) in [6, 6.07) is 28.8. The molecule has 1 aliphatic rings. The molecule has 0 bridgehead atoms. The van der Waals surface area contributed by atoms with Crippen LogP contribution < -0.4 is 9.47 Å². The molecule has 5 rings (SSSR count). The molecule has 0 radical (unpaired) electrons. The summed E-state index contributed by atoms with van der Waals surface area (Å²) in [5.41, 5.74) is 7.53. The highest BCUT2D eigenvalue weighted by molar-refractivity contribution is 5.86. The molecule has 0 saturated carbocycles. The third-order valence-corrected chi connectivity index (χ3v) is 6.70. The Hall–Kier alpha value is -4.18. The van der Waals surface area contributed by atoms with Crippen molar-refractivity contribution in [3.8, 4) is 22.6 Å². The minimum atomic E-state index is -0.696. The fraction of sp³-hybridized carbons (Fsp3) is 0.161. The van der Waals surface area contributed by atoms with E-state index in [1.807, 2.05) is 62.4 Å². The Morgan fingerprint density at radius 1 is 0.600 bits per heavy atom. The molecule has 4 nitrogen and oxygen atoms in total. The zero-order valence-electron chi connectivity index (χ0n) is 20.2. The molecule has 0 amide bonds. The van der Waals surface area contributed by atoms with Gasteiger partial charge in [-0.2, -0.15) is 0 Å². The minimum absolute atomic E-state index is 0.362. The molecule has 0 spiro atoms. The highest BCUT2D eigenvalue weighted by atomic mass is 16.5. The van der Waals surface area contributed by atoms with E-state index in [1.165, 1.54) is 13.8 Å². The molecule has 0 unspecified atom stereocenters. The molecular weight excluding hydrogens is 436 g/mol. The average Bonchev–Trinajstić information content (AvgIpc) is 3.13. The van der Waals surface area contributed by atoms with E-state index in [1.54, 1.807) is 0 Å². The molecule has 174 valence electrons. The van der Waals surface area contributed by atoms with Crippen molar-refractivity contribution in [2.24, 2.45) is 0 Å². The van der Waals surface area contributed by atoms with Crippen LogP contribution in [-0.2, 0) is 15.0 Å². The Morgan fingerprint density at radius 3 is 1.40 bits per heavy atom. The van der Waals surface area contributed by atoms with Crippen LogP contribution in [0.25, 0.3) is 11.1 Å². The Labute approximate surface area is 205 Å². The lowest BCUT2D eigenvalue weighted by Gasteiger charge is -2.34. The lowest BCUT2D eigenvalue weighted by Crippen LogP contribution is -2.29. The molecular formula is C31H26O4. The third kappa shape index (κ3) is 3.62. The van der Waals surface area contributed by atoms with E-state index in [-0.39, 0.29) is 11.9 Å². The van der Waals surface area contributed by atoms with Gasteiger partial charge in [0.1, 0.15) is 11.5 Å². The predicted octanol–water partition coefficient (Wildman–Crippen LogP) is 6.52. The average molecular weight is 463 g/mol. The van der Waals surface area contributed by atoms with Gasteiger partial charge in [0.2, 0.25) is 0 Å². The van der Waals surface area contributed by atoms with Crippen molar-refractivity contribution in [3.63, 3.8) is 0 Å². The van der Waals surface area contributed by atoms with Crippen LogP contribution in [0, 0.1) is 13.8 Å². The number of aryl methyl sites for hydroxylation is 2. The van der Waals surface area contributed by atoms with Gasteiger partial charge in [-0.3, -0.25) is 9.59 Å². The lowest BCUT2D eigenvalue weighted by molar-refractivity contribution is -0.132. The van der Waals surface area contributed by atoms with Crippen LogP contribution in [0.5, 0.6) is 11.5 Å². The topological polar surface area (TPSA) is 52.6 Å². The molecule has 0 aliphatic heterocycles. The first kappa shape index (κ1) is 22.6. The van der Waals surface area contributed by atoms with Crippen molar-refractivity contribution in [3.05, 3.63) is 118 Å². The van der Waals surface area contributed by atoms with Crippen molar-refractivity contribution in [2.45, 2.75) is 33.1 Å². The largest absolute Gasteiger partial charge is 0.426 e. The molecule has 4 aromatic carbocycles. The number of rotatable bonds is 4. The molecule has 4 aromatic rings. The minimum Gasteiger partial charge on any atom is -0.426 e. The van der Waals surface area contributed by atoms with Crippen LogP contribution in [0.1, 0.15) is 47.2 Å². The summed E-state index contributed by atoms with van der Waals surface area (Å²) in [6.45, 7) is 6.67. The quantitative estimate of drug-likeness (QED) is 0.225. The molecule has 0 saturated heterocycles. The highest BCUT2D eigenvalue weighted by Crippen LogP contribution is 2.56. The van der Waals surface area contributed by atoms with E-state index in [9.17, 15) is 9.59 Å². The first-order valence-corrected chi connectivity index (χ1v) is 11.6. The van der Waals surface area contributed by atoms with E-state index >= 15 is 0 Å². The van der Waals surface area contributed by atoms with Crippen molar-refractivity contribution in [1.82, 2.24) is 0 Å². The van der Waals surface area contributed by atoms with Gasteiger partial charge < -0.3 is 9.47 Å². The first-order valence-electron chi connectivity index (χ1n) is 11.6. The molecule has 0 atom stereocenters. The van der Waals surface area contributed by atoms with Gasteiger partial charge in [-0.1, -0.05) is 72.8 Å². The molecule has 0 heterocycles. The molecule has 0 fully saturated rings. The van der Waals surface area contributed by atoms with Crippen molar-refractivity contribution in [1.29, 1.82) is 0 Å². The Morgan fingerprint density at radius 2 is 1.00 bits per heavy atom. The van der Waals surface area contributed by atoms with Gasteiger partial charge in [0.05, 0.1) is 5.41 Å². The van der Waals surface area contributed by atoms with Crippen LogP contribution in [0.2, 0.25) is 0 Å². The van der Waals surface area contributed by atoms with Crippen molar-refractivity contribution in [2.75, 3.05) is 0 Å². The molecule has 4 heteroatoms. The van der Waals surface area contributed by atoms with Gasteiger partial charge in [-0.15, -0.1) is 0 Å². The van der Waals surface area contributed by atoms with Crippen molar-refractivity contribution < 1.29 is 19.1 Å². The third-order valence-electron chi connectivity index (χ3n) is 6.70. The fourth-order valence-electron chi connectivity index (χ4n) is 5.22. The summed E-state index contributed by atoms with van der Waals surface area (Å²) >= 11 is 0. The van der Waals surface area contributed by atoms with E-state index in [0.29, 0.717) is 11.5 Å². The maximum absolute atomic E-state index is 11.9. The van der Waals surface area contributed by atoms with Crippen molar-refractivity contribution >= 4 is 11.9 Å². The van der Waals surface area contributed by atoms with Crippen LogP contribution in [-0.4, -0.2) is 11.9 Å². The number of hydrogen-bond acceptors (Lipinski definition) is 4. The van der Waals surface area contributed by atoms with Gasteiger partial charge in [0, 0.05) is 13.8 Å². The maximum atomic E-state index is 11.9. The summed E-state index contributed by atoms with van der Waals surface area (Å²) in [7, 11) is 0.